The summed E-state index contributed by atoms with van der Waals surface area (Å²) in [5.41, 5.74) is 2.55. The van der Waals surface area contributed by atoms with Gasteiger partial charge in [-0.3, -0.25) is 0 Å². The molecule has 0 saturated carbocycles. The van der Waals surface area contributed by atoms with E-state index in [0.717, 1.165) is 19.3 Å². The maximum Gasteiger partial charge on any atom is 0.0649 e. The number of hydrogen-bond donors (Lipinski definition) is 1. The molecule has 0 spiro atoms. The quantitative estimate of drug-likeness (QED) is 0.499. The minimum absolute atomic E-state index is 0.268. The number of hydrogen-bond acceptors (Lipinski definition) is 1. The van der Waals surface area contributed by atoms with Crippen LogP contribution in [0.4, 0.5) is 0 Å². The molecule has 1 unspecified atom stereocenters. The largest absolute Gasteiger partial charge is 0.392 e. The second kappa shape index (κ2) is 8.14. The van der Waals surface area contributed by atoms with Gasteiger partial charge in [-0.1, -0.05) is 38.2 Å². The Morgan fingerprint density at radius 3 is 2.92 bits per heavy atom. The first kappa shape index (κ1) is 11.0. The molecule has 0 rings (SSSR count). The van der Waals surface area contributed by atoms with Crippen LogP contribution in [0.3, 0.4) is 0 Å². The van der Waals surface area contributed by atoms with E-state index in [1.54, 1.807) is 6.08 Å². The summed E-state index contributed by atoms with van der Waals surface area (Å²) in [5.74, 6) is 5.57. The van der Waals surface area contributed by atoms with Crippen LogP contribution < -0.4 is 0 Å². The monoisotopic (exact) mass is 164 g/mol. The van der Waals surface area contributed by atoms with E-state index in [9.17, 15) is 5.11 Å². The topological polar surface area (TPSA) is 20.2 Å². The van der Waals surface area contributed by atoms with Gasteiger partial charge in [0.05, 0.1) is 6.10 Å². The Kier molecular flexibility index (Phi) is 7.49. The maximum atomic E-state index is 9.33. The van der Waals surface area contributed by atoms with Crippen molar-refractivity contribution in [1.29, 1.82) is 0 Å². The summed E-state index contributed by atoms with van der Waals surface area (Å²) in [6, 6.07) is 0. The maximum absolute atomic E-state index is 9.33. The molecule has 66 valence electrons. The van der Waals surface area contributed by atoms with Crippen molar-refractivity contribution >= 4 is 0 Å². The fraction of sp³-hybridized carbons (Fsp3) is 0.545. The zero-order valence-electron chi connectivity index (χ0n) is 7.64. The zero-order chi connectivity index (χ0) is 9.23. The fourth-order valence-corrected chi connectivity index (χ4v) is 0.821. The van der Waals surface area contributed by atoms with Gasteiger partial charge >= 0.3 is 0 Å². The lowest BCUT2D eigenvalue weighted by atomic mass is 10.1. The second-order valence-electron chi connectivity index (χ2n) is 2.67. The van der Waals surface area contributed by atoms with Crippen molar-refractivity contribution in [2.45, 2.75) is 38.7 Å². The van der Waals surface area contributed by atoms with Crippen LogP contribution in [0.15, 0.2) is 18.4 Å². The molecule has 0 heterocycles. The highest BCUT2D eigenvalue weighted by atomic mass is 16.3. The summed E-state index contributed by atoms with van der Waals surface area (Å²) < 4.78 is 0. The van der Waals surface area contributed by atoms with Crippen LogP contribution in [-0.4, -0.2) is 11.2 Å². The minimum Gasteiger partial charge on any atom is -0.392 e. The first-order valence-corrected chi connectivity index (χ1v) is 4.32. The first-order chi connectivity index (χ1) is 5.81. The number of unbranched alkanes of at least 4 members (excludes halogenated alkanes) is 1. The third kappa shape index (κ3) is 7.15. The lowest BCUT2D eigenvalue weighted by Crippen LogP contribution is -2.03. The molecule has 0 aromatic rings. The van der Waals surface area contributed by atoms with E-state index in [4.69, 9.17) is 0 Å². The smallest absolute Gasteiger partial charge is 0.0649 e. The molecule has 0 aliphatic heterocycles. The number of aliphatic hydroxyl groups excluding tert-OH is 1. The summed E-state index contributed by atoms with van der Waals surface area (Å²) in [6.07, 6.45) is 4.89. The molecule has 0 aliphatic carbocycles. The number of rotatable bonds is 4. The highest BCUT2D eigenvalue weighted by molar-refractivity contribution is 5.14. The summed E-state index contributed by atoms with van der Waals surface area (Å²) in [4.78, 5) is 0. The molecule has 1 heteroatoms. The third-order valence-electron chi connectivity index (χ3n) is 1.50. The lowest BCUT2D eigenvalue weighted by Gasteiger charge is -2.03. The van der Waals surface area contributed by atoms with Gasteiger partial charge in [0, 0.05) is 12.5 Å². The summed E-state index contributed by atoms with van der Waals surface area (Å²) >= 11 is 0. The van der Waals surface area contributed by atoms with Crippen LogP contribution in [0.2, 0.25) is 0 Å². The highest BCUT2D eigenvalue weighted by Gasteiger charge is 1.98. The predicted octanol–water partition coefficient (Wildman–Crippen LogP) is 2.27. The van der Waals surface area contributed by atoms with Crippen LogP contribution in [0, 0.1) is 11.8 Å². The SMILES string of the molecule is C=C=CC#CCC(O)CCCC. The van der Waals surface area contributed by atoms with Crippen LogP contribution in [0.1, 0.15) is 32.6 Å². The zero-order valence-corrected chi connectivity index (χ0v) is 7.64. The van der Waals surface area contributed by atoms with Gasteiger partial charge in [0.2, 0.25) is 0 Å². The number of aliphatic hydroxyl groups is 1. The number of allylic oxidation sites excluding steroid dienone is 1. The Labute approximate surface area is 74.8 Å². The first-order valence-electron chi connectivity index (χ1n) is 4.32. The van der Waals surface area contributed by atoms with Crippen LogP contribution in [0.25, 0.3) is 0 Å². The molecule has 0 saturated heterocycles. The van der Waals surface area contributed by atoms with E-state index in [2.05, 4.69) is 31.1 Å². The van der Waals surface area contributed by atoms with Gasteiger partial charge in [0.1, 0.15) is 0 Å². The molecule has 0 amide bonds. The molecule has 0 aliphatic rings. The molecule has 1 N–H and O–H groups in total. The lowest BCUT2D eigenvalue weighted by molar-refractivity contribution is 0.167. The fourth-order valence-electron chi connectivity index (χ4n) is 0.821. The second-order valence-corrected chi connectivity index (χ2v) is 2.67. The Morgan fingerprint density at radius 2 is 2.33 bits per heavy atom. The average Bonchev–Trinajstić information content (AvgIpc) is 2.09. The van der Waals surface area contributed by atoms with Crippen LogP contribution in [0.5, 0.6) is 0 Å². The van der Waals surface area contributed by atoms with Crippen LogP contribution >= 0.6 is 0 Å². The molecular weight excluding hydrogens is 148 g/mol. The van der Waals surface area contributed by atoms with Crippen molar-refractivity contribution in [2.75, 3.05) is 0 Å². The van der Waals surface area contributed by atoms with Crippen LogP contribution in [-0.2, 0) is 0 Å². The minimum atomic E-state index is -0.268. The molecule has 12 heavy (non-hydrogen) atoms. The Morgan fingerprint density at radius 1 is 1.58 bits per heavy atom. The van der Waals surface area contributed by atoms with Crippen molar-refractivity contribution in [3.63, 3.8) is 0 Å². The Hall–Kier alpha value is -0.960. The molecular formula is C11H16O. The van der Waals surface area contributed by atoms with E-state index in [0.29, 0.717) is 6.42 Å². The third-order valence-corrected chi connectivity index (χ3v) is 1.50. The van der Waals surface area contributed by atoms with Crippen molar-refractivity contribution in [2.24, 2.45) is 0 Å². The van der Waals surface area contributed by atoms with E-state index < -0.39 is 0 Å². The van der Waals surface area contributed by atoms with Crippen molar-refractivity contribution in [3.05, 3.63) is 18.4 Å². The highest BCUT2D eigenvalue weighted by Crippen LogP contribution is 2.02. The van der Waals surface area contributed by atoms with Gasteiger partial charge in [0.15, 0.2) is 0 Å². The molecule has 0 bridgehead atoms. The van der Waals surface area contributed by atoms with Gasteiger partial charge < -0.3 is 5.11 Å². The van der Waals surface area contributed by atoms with Crippen molar-refractivity contribution < 1.29 is 5.11 Å². The molecule has 1 atom stereocenters. The molecule has 1 nitrogen and oxygen atoms in total. The normalized spacial score (nSPS) is 10.8. The Balaban J connectivity index is 3.50. The molecule has 0 radical (unpaired) electrons. The summed E-state index contributed by atoms with van der Waals surface area (Å²) in [6.45, 7) is 5.49. The van der Waals surface area contributed by atoms with Gasteiger partial charge in [0.25, 0.3) is 0 Å². The summed E-state index contributed by atoms with van der Waals surface area (Å²) in [7, 11) is 0. The van der Waals surface area contributed by atoms with Gasteiger partial charge in [-0.15, -0.1) is 5.73 Å². The van der Waals surface area contributed by atoms with Gasteiger partial charge in [-0.2, -0.15) is 0 Å². The van der Waals surface area contributed by atoms with Gasteiger partial charge in [-0.25, -0.2) is 0 Å². The molecule has 0 aromatic carbocycles. The molecule has 0 fully saturated rings. The predicted molar refractivity (Wildman–Crippen MR) is 51.6 cm³/mol. The summed E-state index contributed by atoms with van der Waals surface area (Å²) in [5, 5.41) is 9.33. The van der Waals surface area contributed by atoms with E-state index in [1.807, 2.05) is 0 Å². The standard InChI is InChI=1S/C11H16O/c1-3-5-7-8-10-11(12)9-6-4-2/h5,11-12H,1,4,6,9-10H2,2H3. The van der Waals surface area contributed by atoms with E-state index >= 15 is 0 Å². The average molecular weight is 164 g/mol. The van der Waals surface area contributed by atoms with E-state index in [-0.39, 0.29) is 6.10 Å². The van der Waals surface area contributed by atoms with Gasteiger partial charge in [-0.05, 0) is 6.42 Å². The van der Waals surface area contributed by atoms with E-state index in [1.165, 1.54) is 0 Å². The molecule has 0 aromatic heterocycles. The van der Waals surface area contributed by atoms with Crippen molar-refractivity contribution in [3.8, 4) is 11.8 Å². The Bertz CT molecular complexity index is 201. The van der Waals surface area contributed by atoms with Crippen molar-refractivity contribution in [1.82, 2.24) is 0 Å².